The quantitative estimate of drug-likeness (QED) is 0.0110. The van der Waals surface area contributed by atoms with E-state index in [0.717, 1.165) is 124 Å². The van der Waals surface area contributed by atoms with E-state index in [4.69, 9.17) is 20.9 Å². The van der Waals surface area contributed by atoms with E-state index >= 15 is 0 Å². The van der Waals surface area contributed by atoms with Gasteiger partial charge in [-0.05, 0) is 190 Å². The number of aliphatic imine (C=N–C) groups is 1. The van der Waals surface area contributed by atoms with Crippen LogP contribution in [-0.4, -0.2) is 62.6 Å². The maximum Gasteiger partial charge on any atom is 0.122 e. The van der Waals surface area contributed by atoms with E-state index in [1.165, 1.54) is 89.5 Å². The third kappa shape index (κ3) is 36.0. The summed E-state index contributed by atoms with van der Waals surface area (Å²) >= 11 is 12.1. The van der Waals surface area contributed by atoms with E-state index in [2.05, 4.69) is 207 Å². The van der Waals surface area contributed by atoms with Gasteiger partial charge in [-0.3, -0.25) is 4.99 Å². The van der Waals surface area contributed by atoms with Crippen molar-refractivity contribution in [1.82, 2.24) is 0 Å². The first-order valence-electron chi connectivity index (χ1n) is 27.8. The molecule has 9 heteroatoms. The number of aryl methyl sites for hydroxylation is 5. The van der Waals surface area contributed by atoms with Gasteiger partial charge in [0.1, 0.15) is 17.8 Å². The van der Waals surface area contributed by atoms with E-state index in [0.29, 0.717) is 18.3 Å². The Kier molecular flexibility index (Phi) is 51.6. The minimum Gasteiger partial charge on any atom is -0.493 e. The lowest BCUT2D eigenvalue weighted by atomic mass is 9.98. The van der Waals surface area contributed by atoms with Gasteiger partial charge in [0.2, 0.25) is 0 Å². The molecule has 4 N–H and O–H groups in total. The molecule has 0 radical (unpaired) electrons. The molecule has 0 aromatic heterocycles. The topological polar surface area (TPSA) is 99.9 Å². The molecule has 0 saturated carbocycles. The summed E-state index contributed by atoms with van der Waals surface area (Å²) < 4.78 is 12.6. The van der Waals surface area contributed by atoms with Crippen molar-refractivity contribution in [3.63, 3.8) is 0 Å². The number of allylic oxidation sites excluding steroid dienone is 1. The molecule has 434 valence electrons. The number of rotatable bonds is 32. The maximum absolute atomic E-state index is 10.9. The summed E-state index contributed by atoms with van der Waals surface area (Å²) in [4.78, 5) is 15.4. The van der Waals surface area contributed by atoms with Crippen LogP contribution in [0, 0.1) is 32.6 Å². The second kappa shape index (κ2) is 51.4. The Morgan fingerprint density at radius 2 is 0.974 bits per heavy atom. The van der Waals surface area contributed by atoms with Gasteiger partial charge in [-0.1, -0.05) is 191 Å². The molecule has 4 aromatic rings. The van der Waals surface area contributed by atoms with Crippen molar-refractivity contribution in [1.29, 1.82) is 0 Å². The number of carbonyl (C=O) groups excluding carboxylic acids is 1. The molecule has 0 amide bonds. The SMILES string of the molecule is C.C.C.C/C=C/c1ccc(/C=C/c2cc(OCC(CC)CCCC)c(C)cc2CCC=NCCCS)cc1.CCCCC(CC)COc1cc(/C=C/c2ccc(C)cc2)c(CCC=O)cc1C.NCCCS.NCCCS. The van der Waals surface area contributed by atoms with Crippen molar-refractivity contribution in [3.8, 4) is 11.5 Å². The van der Waals surface area contributed by atoms with Gasteiger partial charge in [0.25, 0.3) is 0 Å². The maximum atomic E-state index is 10.9. The number of carbonyl (C=O) groups is 1. The molecule has 0 spiro atoms. The zero-order chi connectivity index (χ0) is 54.6. The van der Waals surface area contributed by atoms with Gasteiger partial charge in [0.05, 0.1) is 13.2 Å². The third-order valence-corrected chi connectivity index (χ3v) is 13.5. The summed E-state index contributed by atoms with van der Waals surface area (Å²) in [6.45, 7) is 21.4. The zero-order valence-corrected chi connectivity index (χ0v) is 49.8. The van der Waals surface area contributed by atoms with Crippen molar-refractivity contribution < 1.29 is 14.3 Å². The van der Waals surface area contributed by atoms with Crippen LogP contribution in [0.1, 0.15) is 196 Å². The fraction of sp³-hybridized carbons (Fsp3) is 0.529. The average Bonchev–Trinajstić information content (AvgIpc) is 3.41. The van der Waals surface area contributed by atoms with E-state index in [1.54, 1.807) is 0 Å². The molecular formula is C68H111N3O3S3. The molecule has 0 heterocycles. The monoisotopic (exact) mass is 1110 g/mol. The summed E-state index contributed by atoms with van der Waals surface area (Å²) in [6, 6.07) is 26.0. The molecule has 77 heavy (non-hydrogen) atoms. The van der Waals surface area contributed by atoms with Crippen LogP contribution in [-0.2, 0) is 17.6 Å². The lowest BCUT2D eigenvalue weighted by Crippen LogP contribution is -2.12. The van der Waals surface area contributed by atoms with E-state index in [9.17, 15) is 4.79 Å². The molecule has 0 aliphatic rings. The van der Waals surface area contributed by atoms with E-state index < -0.39 is 0 Å². The van der Waals surface area contributed by atoms with Crippen LogP contribution in [0.3, 0.4) is 0 Å². The summed E-state index contributed by atoms with van der Waals surface area (Å²) in [7, 11) is 0. The highest BCUT2D eigenvalue weighted by molar-refractivity contribution is 7.80. The summed E-state index contributed by atoms with van der Waals surface area (Å²) in [6.07, 6.45) is 32.1. The van der Waals surface area contributed by atoms with Crippen molar-refractivity contribution in [3.05, 3.63) is 135 Å². The van der Waals surface area contributed by atoms with Crippen LogP contribution in [0.25, 0.3) is 30.4 Å². The number of hydrogen-bond donors (Lipinski definition) is 5. The van der Waals surface area contributed by atoms with Gasteiger partial charge < -0.3 is 25.7 Å². The standard InChI is InChI=1S/C32H45NOS.C27H36O2.2C3H9NS.3CH4/c1-5-8-12-27(7-3)25-34-32-24-31(19-18-29-16-14-28(11-6-2)15-17-29)30(23-26(32)4)13-9-20-33-21-10-22-35;1-5-7-9-23(6-2)20-29-27-19-26(25(10-8-17-28)18-22(27)4)16-15-24-13-11-21(3)12-14-24;2*4-2-1-3-5;;;/h6,11,14-20,23-24,27,35H,5,7-10,12-13,21-22,25H2,1-4H3;11-19,23H,5-10,20H2,1-4H3;2*5H,1-4H2;3*1H4/b11-6+,19-18+,33-20?;16-15+;;;;;. The zero-order valence-electron chi connectivity index (χ0n) is 47.1. The highest BCUT2D eigenvalue weighted by Gasteiger charge is 2.13. The Labute approximate surface area is 490 Å². The summed E-state index contributed by atoms with van der Waals surface area (Å²) in [5, 5.41) is 0. The molecule has 2 atom stereocenters. The van der Waals surface area contributed by atoms with Gasteiger partial charge >= 0.3 is 0 Å². The Morgan fingerprint density at radius 3 is 1.34 bits per heavy atom. The van der Waals surface area contributed by atoms with Crippen molar-refractivity contribution in [2.24, 2.45) is 28.3 Å². The minimum atomic E-state index is 0. The fourth-order valence-electron chi connectivity index (χ4n) is 7.71. The molecule has 2 unspecified atom stereocenters. The van der Waals surface area contributed by atoms with Crippen molar-refractivity contribution >= 4 is 80.8 Å². The van der Waals surface area contributed by atoms with Gasteiger partial charge in [-0.2, -0.15) is 37.9 Å². The number of benzene rings is 4. The number of nitrogens with two attached hydrogens (primary N) is 2. The Bertz CT molecular complexity index is 2140. The minimum absolute atomic E-state index is 0. The first-order valence-corrected chi connectivity index (χ1v) is 29.7. The number of nitrogens with zero attached hydrogens (tertiary/aromatic N) is 1. The molecule has 0 aliphatic heterocycles. The first kappa shape index (κ1) is 77.2. The highest BCUT2D eigenvalue weighted by Crippen LogP contribution is 2.29. The van der Waals surface area contributed by atoms with E-state index in [1.807, 2.05) is 6.92 Å². The first-order chi connectivity index (χ1) is 36.0. The second-order valence-corrected chi connectivity index (χ2v) is 20.3. The molecule has 0 fully saturated rings. The van der Waals surface area contributed by atoms with Crippen LogP contribution < -0.4 is 20.9 Å². The normalized spacial score (nSPS) is 11.5. The number of ether oxygens (including phenoxy) is 2. The predicted molar refractivity (Wildman–Crippen MR) is 360 cm³/mol. The third-order valence-electron chi connectivity index (χ3n) is 12.6. The van der Waals surface area contributed by atoms with E-state index in [-0.39, 0.29) is 22.3 Å². The Morgan fingerprint density at radius 1 is 0.558 bits per heavy atom. The van der Waals surface area contributed by atoms with Crippen LogP contribution >= 0.6 is 37.9 Å². The van der Waals surface area contributed by atoms with Crippen LogP contribution in [0.5, 0.6) is 11.5 Å². The highest BCUT2D eigenvalue weighted by atomic mass is 32.1. The van der Waals surface area contributed by atoms with Crippen molar-refractivity contribution in [2.75, 3.05) is 50.1 Å². The molecule has 6 nitrogen and oxygen atoms in total. The molecule has 0 saturated heterocycles. The summed E-state index contributed by atoms with van der Waals surface area (Å²) in [5.74, 6) is 5.91. The van der Waals surface area contributed by atoms with Gasteiger partial charge in [0.15, 0.2) is 0 Å². The second-order valence-electron chi connectivity index (χ2n) is 19.0. The molecule has 4 aromatic carbocycles. The van der Waals surface area contributed by atoms with Gasteiger partial charge in [0, 0.05) is 13.0 Å². The molecule has 4 rings (SSSR count). The Hall–Kier alpha value is -3.99. The number of thiol groups is 3. The van der Waals surface area contributed by atoms with Crippen molar-refractivity contribution in [2.45, 2.75) is 174 Å². The van der Waals surface area contributed by atoms with Gasteiger partial charge in [-0.15, -0.1) is 0 Å². The molecule has 0 aliphatic carbocycles. The number of hydrogen-bond acceptors (Lipinski definition) is 9. The smallest absolute Gasteiger partial charge is 0.122 e. The average molecular weight is 1110 g/mol. The predicted octanol–water partition coefficient (Wildman–Crippen LogP) is 18.8. The van der Waals surface area contributed by atoms with Crippen LogP contribution in [0.15, 0.2) is 83.9 Å². The largest absolute Gasteiger partial charge is 0.493 e. The Balaban J connectivity index is -0.00000118. The van der Waals surface area contributed by atoms with Gasteiger partial charge in [-0.25, -0.2) is 0 Å². The lowest BCUT2D eigenvalue weighted by molar-refractivity contribution is -0.107. The number of aldehydes is 1. The molecular weight excluding hydrogens is 1000 g/mol. The fourth-order valence-corrected chi connectivity index (χ4v) is 8.22. The molecule has 0 bridgehead atoms. The van der Waals surface area contributed by atoms with Crippen LogP contribution in [0.4, 0.5) is 0 Å². The number of unbranched alkanes of at least 4 members (excludes halogenated alkanes) is 2. The summed E-state index contributed by atoms with van der Waals surface area (Å²) in [5.41, 5.74) is 22.3. The lowest BCUT2D eigenvalue weighted by Gasteiger charge is -2.18. The van der Waals surface area contributed by atoms with Crippen LogP contribution in [0.2, 0.25) is 0 Å².